The summed E-state index contributed by atoms with van der Waals surface area (Å²) >= 11 is 0. The summed E-state index contributed by atoms with van der Waals surface area (Å²) in [4.78, 5) is 12.4. The van der Waals surface area contributed by atoms with Crippen LogP contribution in [-0.4, -0.2) is 27.4 Å². The van der Waals surface area contributed by atoms with Crippen molar-refractivity contribution in [3.8, 4) is 0 Å². The summed E-state index contributed by atoms with van der Waals surface area (Å²) in [6.07, 6.45) is 3.83. The molecule has 0 spiro atoms. The Morgan fingerprint density at radius 2 is 2.24 bits per heavy atom. The van der Waals surface area contributed by atoms with Gasteiger partial charge in [-0.25, -0.2) is 0 Å². The van der Waals surface area contributed by atoms with E-state index in [1.54, 1.807) is 12.3 Å². The van der Waals surface area contributed by atoms with Gasteiger partial charge < -0.3 is 14.3 Å². The van der Waals surface area contributed by atoms with Crippen LogP contribution in [0.4, 0.5) is 0 Å². The molecule has 7 nitrogen and oxygen atoms in total. The summed E-state index contributed by atoms with van der Waals surface area (Å²) in [5, 5.41) is 11.3. The largest absolute Gasteiger partial charge is 0.467 e. The zero-order valence-electron chi connectivity index (χ0n) is 14.2. The molecule has 1 amide bonds. The number of aromatic nitrogens is 3. The highest BCUT2D eigenvalue weighted by Gasteiger charge is 2.29. The number of hydrogen-bond donors (Lipinski definition) is 1. The fourth-order valence-electron chi connectivity index (χ4n) is 2.99. The highest BCUT2D eigenvalue weighted by Crippen LogP contribution is 2.40. The fourth-order valence-corrected chi connectivity index (χ4v) is 2.99. The van der Waals surface area contributed by atoms with Crippen LogP contribution in [0.15, 0.2) is 39.5 Å². The van der Waals surface area contributed by atoms with Crippen molar-refractivity contribution in [1.29, 1.82) is 0 Å². The maximum absolute atomic E-state index is 12.4. The molecule has 1 fully saturated rings. The first-order chi connectivity index (χ1) is 12.1. The molecule has 1 aliphatic rings. The second-order valence-corrected chi connectivity index (χ2v) is 6.50. The summed E-state index contributed by atoms with van der Waals surface area (Å²) in [6.45, 7) is 4.27. The number of nitrogens with zero attached hydrogens (tertiary/aromatic N) is 3. The van der Waals surface area contributed by atoms with Crippen LogP contribution < -0.4 is 5.32 Å². The van der Waals surface area contributed by atoms with Gasteiger partial charge in [0, 0.05) is 24.2 Å². The number of hydrogen-bond acceptors (Lipinski definition) is 5. The number of aryl methyl sites for hydroxylation is 2. The summed E-state index contributed by atoms with van der Waals surface area (Å²) in [6, 6.07) is 7.22. The molecule has 4 rings (SSSR count). The van der Waals surface area contributed by atoms with Gasteiger partial charge in [-0.2, -0.15) is 5.10 Å². The summed E-state index contributed by atoms with van der Waals surface area (Å²) in [7, 11) is 0. The lowest BCUT2D eigenvalue weighted by Gasteiger charge is -2.17. The topological polar surface area (TPSA) is 86.1 Å². The number of amides is 1. The van der Waals surface area contributed by atoms with E-state index in [0.717, 1.165) is 35.7 Å². The van der Waals surface area contributed by atoms with Gasteiger partial charge in [-0.15, -0.1) is 0 Å². The monoisotopic (exact) mass is 340 g/mol. The van der Waals surface area contributed by atoms with Crippen molar-refractivity contribution >= 4 is 5.91 Å². The molecule has 0 unspecified atom stereocenters. The maximum atomic E-state index is 12.4. The minimum absolute atomic E-state index is 0.220. The Bertz CT molecular complexity index is 874. The quantitative estimate of drug-likeness (QED) is 0.745. The van der Waals surface area contributed by atoms with Crippen LogP contribution in [0.25, 0.3) is 0 Å². The molecule has 0 aliphatic heterocycles. The van der Waals surface area contributed by atoms with Crippen molar-refractivity contribution in [3.05, 3.63) is 59.1 Å². The third-order valence-corrected chi connectivity index (χ3v) is 4.41. The number of carbonyl (C=O) groups excluding carboxylic acids is 1. The first-order valence-corrected chi connectivity index (χ1v) is 8.43. The molecule has 130 valence electrons. The smallest absolute Gasteiger partial charge is 0.273 e. The zero-order chi connectivity index (χ0) is 17.4. The third kappa shape index (κ3) is 3.22. The predicted octanol–water partition coefficient (Wildman–Crippen LogP) is 2.98. The summed E-state index contributed by atoms with van der Waals surface area (Å²) < 4.78 is 12.7. The molecule has 1 aliphatic carbocycles. The van der Waals surface area contributed by atoms with Crippen LogP contribution in [0, 0.1) is 13.8 Å². The predicted molar refractivity (Wildman–Crippen MR) is 89.4 cm³/mol. The maximum Gasteiger partial charge on any atom is 0.273 e. The van der Waals surface area contributed by atoms with Crippen molar-refractivity contribution in [2.45, 2.75) is 38.6 Å². The standard InChI is InChI=1S/C18H20N4O3/c1-11-8-12(2)22(20-11)15(16-4-3-7-24-16)10-19-18(23)14-9-17(25-21-14)13-5-6-13/h3-4,7-9,13,15H,5-6,10H2,1-2H3,(H,19,23)/t15-/m1/s1. The van der Waals surface area contributed by atoms with E-state index in [2.05, 4.69) is 15.6 Å². The van der Waals surface area contributed by atoms with Gasteiger partial charge in [-0.1, -0.05) is 5.16 Å². The molecular formula is C18H20N4O3. The number of nitrogens with one attached hydrogen (secondary N) is 1. The highest BCUT2D eigenvalue weighted by atomic mass is 16.5. The van der Waals surface area contributed by atoms with Crippen molar-refractivity contribution < 1.29 is 13.7 Å². The molecule has 1 atom stereocenters. The van der Waals surface area contributed by atoms with E-state index in [1.807, 2.05) is 36.7 Å². The second-order valence-electron chi connectivity index (χ2n) is 6.50. The van der Waals surface area contributed by atoms with Gasteiger partial charge in [0.05, 0.1) is 12.0 Å². The van der Waals surface area contributed by atoms with E-state index < -0.39 is 0 Å². The number of carbonyl (C=O) groups is 1. The average Bonchev–Trinajstić information content (AvgIpc) is 3.01. The van der Waals surface area contributed by atoms with E-state index in [4.69, 9.17) is 8.94 Å². The Morgan fingerprint density at radius 3 is 2.88 bits per heavy atom. The fraction of sp³-hybridized carbons (Fsp3) is 0.389. The van der Waals surface area contributed by atoms with Gasteiger partial charge in [-0.05, 0) is 44.9 Å². The molecule has 3 heterocycles. The molecule has 3 aromatic heterocycles. The third-order valence-electron chi connectivity index (χ3n) is 4.41. The second kappa shape index (κ2) is 6.23. The molecule has 1 saturated carbocycles. The Morgan fingerprint density at radius 1 is 1.40 bits per heavy atom. The van der Waals surface area contributed by atoms with Crippen LogP contribution in [0.5, 0.6) is 0 Å². The molecule has 0 bridgehead atoms. The molecule has 0 aromatic carbocycles. The minimum Gasteiger partial charge on any atom is -0.467 e. The molecule has 25 heavy (non-hydrogen) atoms. The lowest BCUT2D eigenvalue weighted by molar-refractivity contribution is 0.0938. The summed E-state index contributed by atoms with van der Waals surface area (Å²) in [5.41, 5.74) is 2.24. The first-order valence-electron chi connectivity index (χ1n) is 8.43. The molecule has 1 N–H and O–H groups in total. The minimum atomic E-state index is -0.256. The van der Waals surface area contributed by atoms with Gasteiger partial charge in [0.15, 0.2) is 5.69 Å². The molecule has 0 saturated heterocycles. The van der Waals surface area contributed by atoms with Gasteiger partial charge in [0.1, 0.15) is 17.6 Å². The van der Waals surface area contributed by atoms with Crippen LogP contribution >= 0.6 is 0 Å². The van der Waals surface area contributed by atoms with Crippen LogP contribution in [0.1, 0.15) is 58.2 Å². The normalized spacial score (nSPS) is 15.3. The Hall–Kier alpha value is -2.83. The van der Waals surface area contributed by atoms with Gasteiger partial charge >= 0.3 is 0 Å². The van der Waals surface area contributed by atoms with E-state index >= 15 is 0 Å². The highest BCUT2D eigenvalue weighted by molar-refractivity contribution is 5.92. The van der Waals surface area contributed by atoms with Crippen molar-refractivity contribution in [2.75, 3.05) is 6.54 Å². The molecule has 0 radical (unpaired) electrons. The Balaban J connectivity index is 1.50. The number of furan rings is 1. The van der Waals surface area contributed by atoms with E-state index in [9.17, 15) is 4.79 Å². The van der Waals surface area contributed by atoms with Crippen LogP contribution in [0.3, 0.4) is 0 Å². The lowest BCUT2D eigenvalue weighted by atomic mass is 10.2. The van der Waals surface area contributed by atoms with E-state index in [0.29, 0.717) is 18.2 Å². The Labute approximate surface area is 145 Å². The van der Waals surface area contributed by atoms with Gasteiger partial charge in [0.2, 0.25) is 0 Å². The van der Waals surface area contributed by atoms with Crippen LogP contribution in [-0.2, 0) is 0 Å². The molecule has 3 aromatic rings. The van der Waals surface area contributed by atoms with Gasteiger partial charge in [0.25, 0.3) is 5.91 Å². The van der Waals surface area contributed by atoms with Crippen LogP contribution in [0.2, 0.25) is 0 Å². The van der Waals surface area contributed by atoms with Crippen molar-refractivity contribution in [3.63, 3.8) is 0 Å². The van der Waals surface area contributed by atoms with Crippen molar-refractivity contribution in [2.24, 2.45) is 0 Å². The van der Waals surface area contributed by atoms with Gasteiger partial charge in [-0.3, -0.25) is 9.48 Å². The molecular weight excluding hydrogens is 320 g/mol. The van der Waals surface area contributed by atoms with E-state index in [1.165, 1.54) is 0 Å². The summed E-state index contributed by atoms with van der Waals surface area (Å²) in [5.74, 6) is 1.71. The van der Waals surface area contributed by atoms with Crippen molar-refractivity contribution in [1.82, 2.24) is 20.3 Å². The molecule has 7 heteroatoms. The number of rotatable bonds is 6. The first kappa shape index (κ1) is 15.7. The average molecular weight is 340 g/mol. The van der Waals surface area contributed by atoms with E-state index in [-0.39, 0.29) is 11.9 Å². The lowest BCUT2D eigenvalue weighted by Crippen LogP contribution is -2.32. The Kier molecular flexibility index (Phi) is 3.91. The SMILES string of the molecule is Cc1cc(C)n([C@H](CNC(=O)c2cc(C3CC3)on2)c2ccco2)n1. The zero-order valence-corrected chi connectivity index (χ0v) is 14.2.